The number of carbonyl (C=O) groups excluding carboxylic acids is 2. The van der Waals surface area contributed by atoms with E-state index in [9.17, 15) is 9.59 Å². The fourth-order valence-electron chi connectivity index (χ4n) is 3.59. The second-order valence-electron chi connectivity index (χ2n) is 8.50. The molecule has 3 rings (SSSR count). The molecule has 1 aromatic heterocycles. The van der Waals surface area contributed by atoms with Gasteiger partial charge < -0.3 is 14.5 Å². The number of aromatic nitrogens is 1. The number of carbonyl (C=O) groups is 2. The molecule has 0 aliphatic carbocycles. The first-order valence-electron chi connectivity index (χ1n) is 8.99. The Kier molecular flexibility index (Phi) is 4.80. The van der Waals surface area contributed by atoms with Crippen molar-refractivity contribution < 1.29 is 14.3 Å². The van der Waals surface area contributed by atoms with E-state index in [-0.39, 0.29) is 18.0 Å². The van der Waals surface area contributed by atoms with E-state index in [1.807, 2.05) is 51.7 Å². The van der Waals surface area contributed by atoms with E-state index in [0.29, 0.717) is 13.1 Å². The maximum absolute atomic E-state index is 13.1. The van der Waals surface area contributed by atoms with Gasteiger partial charge in [-0.15, -0.1) is 0 Å². The highest BCUT2D eigenvalue weighted by molar-refractivity contribution is 9.10. The number of pyridine rings is 1. The quantitative estimate of drug-likeness (QED) is 0.643. The van der Waals surface area contributed by atoms with Crippen LogP contribution in [0.4, 0.5) is 10.5 Å². The van der Waals surface area contributed by atoms with Gasteiger partial charge in [0.2, 0.25) is 5.91 Å². The van der Waals surface area contributed by atoms with Crippen molar-refractivity contribution in [2.45, 2.75) is 64.5 Å². The number of anilines is 1. The van der Waals surface area contributed by atoms with Crippen LogP contribution >= 0.6 is 15.9 Å². The SMILES string of the molecule is CC(C)(C)OC(=O)N1CCC(N2C(=O)C(C)(C)c3nc(Br)ccc32)CC1. The van der Waals surface area contributed by atoms with Crippen molar-refractivity contribution in [3.05, 3.63) is 22.4 Å². The van der Waals surface area contributed by atoms with Gasteiger partial charge >= 0.3 is 6.09 Å². The van der Waals surface area contributed by atoms with Gasteiger partial charge in [0.25, 0.3) is 0 Å². The summed E-state index contributed by atoms with van der Waals surface area (Å²) in [6.07, 6.45) is 1.18. The largest absolute Gasteiger partial charge is 0.444 e. The molecule has 0 saturated carbocycles. The van der Waals surface area contributed by atoms with Crippen molar-refractivity contribution in [2.75, 3.05) is 18.0 Å². The zero-order chi connectivity index (χ0) is 19.3. The Morgan fingerprint density at radius 3 is 2.46 bits per heavy atom. The minimum atomic E-state index is -0.637. The summed E-state index contributed by atoms with van der Waals surface area (Å²) in [6, 6.07) is 3.90. The molecule has 0 unspecified atom stereocenters. The van der Waals surface area contributed by atoms with Crippen molar-refractivity contribution in [1.29, 1.82) is 0 Å². The van der Waals surface area contributed by atoms with Crippen molar-refractivity contribution in [1.82, 2.24) is 9.88 Å². The smallest absolute Gasteiger partial charge is 0.410 e. The Morgan fingerprint density at radius 2 is 1.88 bits per heavy atom. The van der Waals surface area contributed by atoms with Gasteiger partial charge in [-0.3, -0.25) is 4.79 Å². The molecule has 2 aliphatic rings. The number of nitrogens with zero attached hydrogens (tertiary/aromatic N) is 3. The second-order valence-corrected chi connectivity index (χ2v) is 9.31. The lowest BCUT2D eigenvalue weighted by Gasteiger charge is -2.37. The molecule has 0 atom stereocenters. The van der Waals surface area contributed by atoms with Crippen molar-refractivity contribution >= 4 is 33.6 Å². The standard InChI is InChI=1S/C19H26BrN3O3/c1-18(2,3)26-17(25)22-10-8-12(9-11-22)23-13-6-7-14(20)21-15(13)19(4,5)16(23)24/h6-7,12H,8-11H2,1-5H3. The summed E-state index contributed by atoms with van der Waals surface area (Å²) < 4.78 is 6.19. The van der Waals surface area contributed by atoms with Crippen LogP contribution in [0.2, 0.25) is 0 Å². The van der Waals surface area contributed by atoms with E-state index >= 15 is 0 Å². The van der Waals surface area contributed by atoms with Gasteiger partial charge in [-0.05, 0) is 75.5 Å². The maximum atomic E-state index is 13.1. The lowest BCUT2D eigenvalue weighted by atomic mass is 9.90. The molecule has 0 spiro atoms. The Balaban J connectivity index is 1.74. The summed E-state index contributed by atoms with van der Waals surface area (Å²) in [5.41, 5.74) is 0.563. The monoisotopic (exact) mass is 423 g/mol. The van der Waals surface area contributed by atoms with Gasteiger partial charge in [0.15, 0.2) is 0 Å². The molecular weight excluding hydrogens is 398 g/mol. The van der Waals surface area contributed by atoms with E-state index in [1.54, 1.807) is 4.90 Å². The first-order chi connectivity index (χ1) is 12.0. The van der Waals surface area contributed by atoms with Crippen LogP contribution in [0.1, 0.15) is 53.2 Å². The fraction of sp³-hybridized carbons (Fsp3) is 0.632. The average molecular weight is 424 g/mol. The van der Waals surface area contributed by atoms with Crippen molar-refractivity contribution in [2.24, 2.45) is 0 Å². The Labute approximate surface area is 163 Å². The van der Waals surface area contributed by atoms with Crippen LogP contribution in [0.25, 0.3) is 0 Å². The Bertz CT molecular complexity index is 734. The molecule has 0 aromatic carbocycles. The molecule has 6 nitrogen and oxygen atoms in total. The highest BCUT2D eigenvalue weighted by Crippen LogP contribution is 2.43. The molecule has 2 amide bonds. The molecule has 1 aromatic rings. The van der Waals surface area contributed by atoms with E-state index in [0.717, 1.165) is 28.8 Å². The third kappa shape index (κ3) is 3.46. The summed E-state index contributed by atoms with van der Waals surface area (Å²) in [5.74, 6) is 0.0776. The van der Waals surface area contributed by atoms with Crippen LogP contribution in [0.15, 0.2) is 16.7 Å². The zero-order valence-corrected chi connectivity index (χ0v) is 17.6. The highest BCUT2D eigenvalue weighted by atomic mass is 79.9. The van der Waals surface area contributed by atoms with Crippen molar-refractivity contribution in [3.63, 3.8) is 0 Å². The number of halogens is 1. The molecule has 0 N–H and O–H groups in total. The van der Waals surface area contributed by atoms with Crippen LogP contribution in [0.3, 0.4) is 0 Å². The lowest BCUT2D eigenvalue weighted by Crippen LogP contribution is -2.50. The first kappa shape index (κ1) is 19.1. The van der Waals surface area contributed by atoms with E-state index in [2.05, 4.69) is 20.9 Å². The molecule has 3 heterocycles. The summed E-state index contributed by atoms with van der Waals surface area (Å²) in [7, 11) is 0. The van der Waals surface area contributed by atoms with Crippen LogP contribution in [-0.2, 0) is 14.9 Å². The van der Waals surface area contributed by atoms with E-state index in [1.165, 1.54) is 0 Å². The number of fused-ring (bicyclic) bond motifs is 1. The molecule has 2 aliphatic heterocycles. The summed E-state index contributed by atoms with van der Waals surface area (Å²) in [5, 5.41) is 0. The Hall–Kier alpha value is -1.63. The predicted octanol–water partition coefficient (Wildman–Crippen LogP) is 3.87. The van der Waals surface area contributed by atoms with Gasteiger partial charge in [-0.2, -0.15) is 0 Å². The maximum Gasteiger partial charge on any atom is 0.410 e. The number of likely N-dealkylation sites (tertiary alicyclic amines) is 1. The van der Waals surface area contributed by atoms with Gasteiger partial charge in [0, 0.05) is 19.1 Å². The van der Waals surface area contributed by atoms with Gasteiger partial charge in [-0.25, -0.2) is 9.78 Å². The molecule has 1 saturated heterocycles. The zero-order valence-electron chi connectivity index (χ0n) is 16.0. The van der Waals surface area contributed by atoms with Crippen molar-refractivity contribution in [3.8, 4) is 0 Å². The van der Waals surface area contributed by atoms with Gasteiger partial charge in [-0.1, -0.05) is 0 Å². The molecule has 1 fully saturated rings. The van der Waals surface area contributed by atoms with E-state index in [4.69, 9.17) is 4.74 Å². The second kappa shape index (κ2) is 6.51. The molecule has 142 valence electrons. The molecular formula is C19H26BrN3O3. The fourth-order valence-corrected chi connectivity index (χ4v) is 3.90. The number of hydrogen-bond acceptors (Lipinski definition) is 4. The van der Waals surface area contributed by atoms with Crippen LogP contribution in [0, 0.1) is 0 Å². The summed E-state index contributed by atoms with van der Waals surface area (Å²) in [6.45, 7) is 10.6. The third-order valence-corrected chi connectivity index (χ3v) is 5.37. The molecule has 7 heteroatoms. The number of rotatable bonds is 1. The topological polar surface area (TPSA) is 62.7 Å². The average Bonchev–Trinajstić information content (AvgIpc) is 2.73. The number of ether oxygens (including phenoxy) is 1. The third-order valence-electron chi connectivity index (χ3n) is 4.93. The van der Waals surface area contributed by atoms with Crippen LogP contribution in [-0.4, -0.2) is 46.6 Å². The predicted molar refractivity (Wildman–Crippen MR) is 103 cm³/mol. The summed E-state index contributed by atoms with van der Waals surface area (Å²) in [4.78, 5) is 33.5. The molecule has 0 radical (unpaired) electrons. The van der Waals surface area contributed by atoms with Gasteiger partial charge in [0.1, 0.15) is 10.2 Å². The van der Waals surface area contributed by atoms with E-state index < -0.39 is 11.0 Å². The first-order valence-corrected chi connectivity index (χ1v) is 9.78. The minimum Gasteiger partial charge on any atom is -0.444 e. The highest BCUT2D eigenvalue weighted by Gasteiger charge is 2.48. The van der Waals surface area contributed by atoms with Crippen LogP contribution in [0.5, 0.6) is 0 Å². The number of hydrogen-bond donors (Lipinski definition) is 0. The number of piperidine rings is 1. The number of amides is 2. The normalized spacial score (nSPS) is 20.3. The minimum absolute atomic E-state index is 0.0738. The Morgan fingerprint density at radius 1 is 1.27 bits per heavy atom. The van der Waals surface area contributed by atoms with Crippen LogP contribution < -0.4 is 4.90 Å². The lowest BCUT2D eigenvalue weighted by molar-refractivity contribution is -0.122. The summed E-state index contributed by atoms with van der Waals surface area (Å²) >= 11 is 3.40. The molecule has 26 heavy (non-hydrogen) atoms. The molecule has 0 bridgehead atoms. The van der Waals surface area contributed by atoms with Gasteiger partial charge in [0.05, 0.1) is 16.8 Å².